The maximum atomic E-state index is 11.7. The Bertz CT molecular complexity index is 763. The van der Waals surface area contributed by atoms with Gasteiger partial charge < -0.3 is 14.1 Å². The molecular weight excluding hydrogens is 292 g/mol. The number of nitrogens with zero attached hydrogens (tertiary/aromatic N) is 1. The van der Waals surface area contributed by atoms with Gasteiger partial charge in [-0.15, -0.1) is 0 Å². The van der Waals surface area contributed by atoms with Crippen LogP contribution in [0.1, 0.15) is 24.6 Å². The van der Waals surface area contributed by atoms with E-state index in [1.54, 1.807) is 13.8 Å². The largest absolute Gasteiger partial charge is 0.469 e. The topological polar surface area (TPSA) is 111 Å². The van der Waals surface area contributed by atoms with Gasteiger partial charge in [-0.3, -0.25) is 4.79 Å². The van der Waals surface area contributed by atoms with Gasteiger partial charge in [-0.1, -0.05) is 11.2 Å². The number of aromatic amines is 1. The Morgan fingerprint density at radius 1 is 1.36 bits per heavy atom. The first-order chi connectivity index (χ1) is 10.4. The third-order valence-corrected chi connectivity index (χ3v) is 3.09. The molecular formula is C14H14N2O6. The molecule has 22 heavy (non-hydrogen) atoms. The van der Waals surface area contributed by atoms with Crippen LogP contribution in [0, 0.1) is 6.92 Å². The number of allylic oxidation sites excluding steroid dienone is 2. The van der Waals surface area contributed by atoms with Gasteiger partial charge in [0.25, 0.3) is 0 Å². The van der Waals surface area contributed by atoms with Gasteiger partial charge in [0.1, 0.15) is 0 Å². The number of esters is 1. The van der Waals surface area contributed by atoms with Crippen molar-refractivity contribution in [1.29, 1.82) is 0 Å². The minimum absolute atomic E-state index is 0.144. The Balaban J connectivity index is 2.45. The Labute approximate surface area is 125 Å². The molecule has 0 fully saturated rings. The third-order valence-electron chi connectivity index (χ3n) is 3.09. The number of aromatic nitrogens is 1. The average molecular weight is 306 g/mol. The predicted molar refractivity (Wildman–Crippen MR) is 76.0 cm³/mol. The summed E-state index contributed by atoms with van der Waals surface area (Å²) in [6, 6.07) is 0. The van der Waals surface area contributed by atoms with Crippen LogP contribution in [0.4, 0.5) is 0 Å². The van der Waals surface area contributed by atoms with Crippen molar-refractivity contribution in [2.75, 3.05) is 7.11 Å². The molecule has 1 aromatic rings. The van der Waals surface area contributed by atoms with Crippen LogP contribution in [0.15, 0.2) is 32.2 Å². The van der Waals surface area contributed by atoms with Crippen LogP contribution in [-0.4, -0.2) is 29.9 Å². The van der Waals surface area contributed by atoms with Crippen LogP contribution in [0.5, 0.6) is 0 Å². The number of aryl methyl sites for hydroxylation is 1. The van der Waals surface area contributed by atoms with Gasteiger partial charge in [-0.25, -0.2) is 14.7 Å². The Morgan fingerprint density at radius 2 is 2.09 bits per heavy atom. The second-order valence-corrected chi connectivity index (χ2v) is 4.57. The third kappa shape index (κ3) is 3.05. The quantitative estimate of drug-likeness (QED) is 0.506. The summed E-state index contributed by atoms with van der Waals surface area (Å²) in [6.07, 6.45) is 2.78. The van der Waals surface area contributed by atoms with Crippen molar-refractivity contribution in [2.45, 2.75) is 20.3 Å². The van der Waals surface area contributed by atoms with Crippen molar-refractivity contribution < 1.29 is 23.7 Å². The molecule has 1 aromatic heterocycles. The molecule has 8 nitrogen and oxygen atoms in total. The minimum atomic E-state index is -0.606. The number of ether oxygens (including phenoxy) is 1. The van der Waals surface area contributed by atoms with Gasteiger partial charge in [0.2, 0.25) is 0 Å². The maximum absolute atomic E-state index is 11.7. The van der Waals surface area contributed by atoms with Crippen LogP contribution in [-0.2, 0) is 19.2 Å². The lowest BCUT2D eigenvalue weighted by Crippen LogP contribution is -2.08. The summed E-state index contributed by atoms with van der Waals surface area (Å²) in [5, 5.41) is 5.98. The van der Waals surface area contributed by atoms with Crippen LogP contribution in [0.25, 0.3) is 5.57 Å². The van der Waals surface area contributed by atoms with Crippen LogP contribution >= 0.6 is 0 Å². The Hall–Kier alpha value is -2.90. The number of carbonyl (C=O) groups excluding carboxylic acids is 2. The highest BCUT2D eigenvalue weighted by atomic mass is 16.7. The summed E-state index contributed by atoms with van der Waals surface area (Å²) in [5.74, 6) is -1.12. The Morgan fingerprint density at radius 3 is 2.59 bits per heavy atom. The van der Waals surface area contributed by atoms with E-state index in [-0.39, 0.29) is 17.6 Å². The fourth-order valence-corrected chi connectivity index (χ4v) is 1.94. The van der Waals surface area contributed by atoms with E-state index in [0.29, 0.717) is 17.0 Å². The molecule has 1 aliphatic rings. The monoisotopic (exact) mass is 306 g/mol. The molecule has 0 spiro atoms. The number of methoxy groups -OCH3 is 1. The van der Waals surface area contributed by atoms with Crippen molar-refractivity contribution in [3.8, 4) is 0 Å². The second-order valence-electron chi connectivity index (χ2n) is 4.57. The standard InChI is InChI=1S/C14H14N2O6/c1-7-10(13(18)21-15-7)5-4-9(6-11(17)20-3)12-8(2)16-22-14(12)19/h4-5,16H,6H2,1-3H3/b9-4+,10-5+. The molecule has 0 atom stereocenters. The normalized spacial score (nSPS) is 16.7. The molecule has 0 radical (unpaired) electrons. The van der Waals surface area contributed by atoms with E-state index >= 15 is 0 Å². The van der Waals surface area contributed by atoms with E-state index in [2.05, 4.69) is 19.9 Å². The van der Waals surface area contributed by atoms with Crippen molar-refractivity contribution in [2.24, 2.45) is 5.16 Å². The molecule has 1 N–H and O–H groups in total. The second kappa shape index (κ2) is 6.25. The first-order valence-electron chi connectivity index (χ1n) is 6.36. The number of carbonyl (C=O) groups is 2. The summed E-state index contributed by atoms with van der Waals surface area (Å²) in [6.45, 7) is 3.25. The zero-order valence-corrected chi connectivity index (χ0v) is 12.3. The summed E-state index contributed by atoms with van der Waals surface area (Å²) in [4.78, 5) is 39.3. The van der Waals surface area contributed by atoms with Crippen LogP contribution in [0.2, 0.25) is 0 Å². The molecule has 0 aromatic carbocycles. The first-order valence-corrected chi connectivity index (χ1v) is 6.36. The summed E-state index contributed by atoms with van der Waals surface area (Å²) >= 11 is 0. The zero-order chi connectivity index (χ0) is 16.3. The van der Waals surface area contributed by atoms with Crippen molar-refractivity contribution in [3.05, 3.63) is 39.4 Å². The van der Waals surface area contributed by atoms with Gasteiger partial charge in [-0.2, -0.15) is 0 Å². The van der Waals surface area contributed by atoms with Crippen molar-refractivity contribution >= 4 is 23.2 Å². The zero-order valence-electron chi connectivity index (χ0n) is 12.3. The molecule has 0 aliphatic carbocycles. The summed E-state index contributed by atoms with van der Waals surface area (Å²) < 4.78 is 9.31. The number of hydrogen-bond donors (Lipinski definition) is 1. The van der Waals surface area contributed by atoms with E-state index in [4.69, 9.17) is 4.52 Å². The van der Waals surface area contributed by atoms with Gasteiger partial charge in [0, 0.05) is 0 Å². The van der Waals surface area contributed by atoms with E-state index in [1.807, 2.05) is 0 Å². The van der Waals surface area contributed by atoms with Gasteiger partial charge >= 0.3 is 17.6 Å². The maximum Gasteiger partial charge on any atom is 0.367 e. The summed E-state index contributed by atoms with van der Waals surface area (Å²) in [7, 11) is 1.25. The number of H-pyrrole nitrogens is 1. The number of hydrogen-bond acceptors (Lipinski definition) is 7. The van der Waals surface area contributed by atoms with Gasteiger partial charge in [-0.05, 0) is 25.5 Å². The molecule has 2 heterocycles. The van der Waals surface area contributed by atoms with E-state index in [0.717, 1.165) is 0 Å². The number of nitrogens with one attached hydrogen (secondary N) is 1. The highest BCUT2D eigenvalue weighted by Gasteiger charge is 2.22. The molecule has 0 unspecified atom stereocenters. The highest BCUT2D eigenvalue weighted by molar-refractivity contribution is 6.21. The fourth-order valence-electron chi connectivity index (χ4n) is 1.94. The van der Waals surface area contributed by atoms with Crippen LogP contribution < -0.4 is 5.63 Å². The lowest BCUT2D eigenvalue weighted by molar-refractivity contribution is -0.139. The smallest absolute Gasteiger partial charge is 0.367 e. The molecule has 0 saturated carbocycles. The lowest BCUT2D eigenvalue weighted by Gasteiger charge is -2.03. The molecule has 0 amide bonds. The molecule has 0 saturated heterocycles. The molecule has 0 bridgehead atoms. The predicted octanol–water partition coefficient (Wildman–Crippen LogP) is 1.08. The fraction of sp³-hybridized carbons (Fsp3) is 0.286. The first kappa shape index (κ1) is 15.5. The van der Waals surface area contributed by atoms with Gasteiger partial charge in [0.05, 0.1) is 36.1 Å². The molecule has 1 aliphatic heterocycles. The minimum Gasteiger partial charge on any atom is -0.469 e. The van der Waals surface area contributed by atoms with E-state index in [9.17, 15) is 14.4 Å². The van der Waals surface area contributed by atoms with Crippen molar-refractivity contribution in [3.63, 3.8) is 0 Å². The average Bonchev–Trinajstić information content (AvgIpc) is 2.98. The number of rotatable bonds is 4. The molecule has 116 valence electrons. The van der Waals surface area contributed by atoms with E-state index < -0.39 is 17.6 Å². The summed E-state index contributed by atoms with van der Waals surface area (Å²) in [5.41, 5.74) is 1.11. The molecule has 8 heteroatoms. The Kier molecular flexibility index (Phi) is 4.40. The SMILES string of the molecule is COC(=O)C/C(=C\C=C1\C(=O)ON=C1C)c1c(C)[nH]oc1=O. The lowest BCUT2D eigenvalue weighted by atomic mass is 10.0. The van der Waals surface area contributed by atoms with Gasteiger partial charge in [0.15, 0.2) is 0 Å². The van der Waals surface area contributed by atoms with Crippen LogP contribution in [0.3, 0.4) is 0 Å². The molecule has 2 rings (SSSR count). The van der Waals surface area contributed by atoms with Crippen molar-refractivity contribution in [1.82, 2.24) is 5.16 Å². The number of oxime groups is 1. The van der Waals surface area contributed by atoms with E-state index in [1.165, 1.54) is 19.3 Å². The highest BCUT2D eigenvalue weighted by Crippen LogP contribution is 2.20.